The van der Waals surface area contributed by atoms with Crippen molar-refractivity contribution >= 4 is 28.7 Å². The SMILES string of the molecule is CCC1CC(C(=O)NCCNC(=O)Cc2cc(=O)oc3cc(O)ccc23)C[C@@H](O[C@H]2CC(CNC(C)=O)(O[C@@H](CC3CCCCC3)C(O)O)[C@@H](O)C(CO)O2)C1OC1O[C@@H](C)[C@H](O)[C@@H](O)[C@@H]1O. The van der Waals surface area contributed by atoms with Crippen molar-refractivity contribution in [2.75, 3.05) is 26.2 Å². The van der Waals surface area contributed by atoms with Crippen LogP contribution in [0.15, 0.2) is 33.5 Å². The monoisotopic (exact) mass is 951 g/mol. The Hall–Kier alpha value is -3.84. The molecule has 4 aliphatic rings. The Morgan fingerprint density at radius 2 is 1.66 bits per heavy atom. The molecule has 2 aromatic rings. The van der Waals surface area contributed by atoms with Crippen molar-refractivity contribution in [1.29, 1.82) is 0 Å². The van der Waals surface area contributed by atoms with Gasteiger partial charge in [-0.15, -0.1) is 0 Å². The first kappa shape index (κ1) is 52.5. The summed E-state index contributed by atoms with van der Waals surface area (Å²) < 4.78 is 36.7. The van der Waals surface area contributed by atoms with Crippen molar-refractivity contribution in [3.63, 3.8) is 0 Å². The van der Waals surface area contributed by atoms with Crippen LogP contribution in [-0.2, 0) is 44.5 Å². The topological polar surface area (TPSA) is 326 Å². The molecule has 376 valence electrons. The molecule has 0 radical (unpaired) electrons. The first-order valence-electron chi connectivity index (χ1n) is 23.4. The number of nitrogens with one attached hydrogen (secondary N) is 3. The lowest BCUT2D eigenvalue weighted by Gasteiger charge is -2.51. The van der Waals surface area contributed by atoms with Gasteiger partial charge < -0.3 is 84.9 Å². The number of rotatable bonds is 19. The van der Waals surface area contributed by atoms with E-state index in [1.807, 2.05) is 6.92 Å². The van der Waals surface area contributed by atoms with E-state index < -0.39 is 115 Å². The zero-order valence-corrected chi connectivity index (χ0v) is 38.2. The van der Waals surface area contributed by atoms with E-state index in [1.54, 1.807) is 0 Å². The summed E-state index contributed by atoms with van der Waals surface area (Å²) in [5, 5.41) is 94.1. The second-order valence-electron chi connectivity index (χ2n) is 18.6. The third kappa shape index (κ3) is 13.3. The van der Waals surface area contributed by atoms with Crippen molar-refractivity contribution in [1.82, 2.24) is 16.0 Å². The first-order valence-corrected chi connectivity index (χ1v) is 23.4. The lowest BCUT2D eigenvalue weighted by atomic mass is 9.75. The van der Waals surface area contributed by atoms with E-state index in [0.717, 1.165) is 32.1 Å². The highest BCUT2D eigenvalue weighted by atomic mass is 16.7. The number of phenolic OH excluding ortho intramolecular Hbond substituents is 1. The van der Waals surface area contributed by atoms with Crippen LogP contribution in [0.2, 0.25) is 0 Å². The fourth-order valence-corrected chi connectivity index (χ4v) is 10.0. The summed E-state index contributed by atoms with van der Waals surface area (Å²) in [4.78, 5) is 51.4. The second-order valence-corrected chi connectivity index (χ2v) is 18.6. The lowest BCUT2D eigenvalue weighted by Crippen LogP contribution is -2.66. The average molecular weight is 952 g/mol. The van der Waals surface area contributed by atoms with Gasteiger partial charge in [-0.3, -0.25) is 14.4 Å². The number of aromatic hydroxyl groups is 1. The van der Waals surface area contributed by atoms with E-state index >= 15 is 0 Å². The molecule has 1 aromatic carbocycles. The van der Waals surface area contributed by atoms with Crippen LogP contribution in [0.5, 0.6) is 5.75 Å². The predicted molar refractivity (Wildman–Crippen MR) is 235 cm³/mol. The number of ether oxygens (including phenoxy) is 5. The summed E-state index contributed by atoms with van der Waals surface area (Å²) in [6.45, 7) is 3.64. The number of aliphatic hydroxyl groups excluding tert-OH is 6. The Labute approximate surface area is 388 Å². The highest BCUT2D eigenvalue weighted by Gasteiger charge is 2.55. The van der Waals surface area contributed by atoms with Crippen molar-refractivity contribution in [3.8, 4) is 5.75 Å². The quantitative estimate of drug-likeness (QED) is 0.0472. The van der Waals surface area contributed by atoms with Crippen molar-refractivity contribution in [2.24, 2.45) is 17.8 Å². The fourth-order valence-electron chi connectivity index (χ4n) is 10.0. The Morgan fingerprint density at radius 3 is 2.34 bits per heavy atom. The molecule has 2 aliphatic carbocycles. The predicted octanol–water partition coefficient (Wildman–Crippen LogP) is -0.683. The summed E-state index contributed by atoms with van der Waals surface area (Å²) in [5.74, 6) is -2.45. The minimum absolute atomic E-state index is 0.00641. The van der Waals surface area contributed by atoms with Gasteiger partial charge in [-0.2, -0.15) is 0 Å². The molecule has 21 nitrogen and oxygen atoms in total. The molecule has 3 amide bonds. The maximum Gasteiger partial charge on any atom is 0.336 e. The largest absolute Gasteiger partial charge is 0.508 e. The standard InChI is InChI=1S/C46H69N3O18/c1-4-26-15-28(43(59)48-13-12-47-35(53)17-27-18-36(54)63-31-19-29(52)10-11-30(27)31)16-32(41(26)66-45-40(57)39(56)38(55)23(2)62-45)64-37-20-46(22-49-24(3)51,42(58)34(21-50)65-37)67-33(44(60)61)14-25-8-6-5-7-9-25/h10-11,18-19,23,25-26,28,32-34,37-42,44-45,50,52,55-58,60-61H,4-9,12-17,20-22H2,1-3H3,(H,47,53)(H,48,59)(H,49,51)/t23-,26?,28?,32+,33-,34?,37+,38-,39+,40-,41?,42-,45?,46?/m0/s1. The summed E-state index contributed by atoms with van der Waals surface area (Å²) in [6.07, 6.45) is -11.3. The van der Waals surface area contributed by atoms with Crippen molar-refractivity contribution < 1.29 is 83.3 Å². The molecule has 14 atom stereocenters. The minimum Gasteiger partial charge on any atom is -0.508 e. The van der Waals surface area contributed by atoms with Crippen LogP contribution >= 0.6 is 0 Å². The number of aliphatic hydroxyl groups is 7. The van der Waals surface area contributed by atoms with Crippen LogP contribution < -0.4 is 21.6 Å². The molecule has 2 aliphatic heterocycles. The molecule has 0 bridgehead atoms. The van der Waals surface area contributed by atoms with Gasteiger partial charge in [0.15, 0.2) is 18.9 Å². The number of hydrogen-bond donors (Lipinski definition) is 11. The highest BCUT2D eigenvalue weighted by molar-refractivity contribution is 5.87. The van der Waals surface area contributed by atoms with Gasteiger partial charge in [-0.05, 0) is 55.7 Å². The molecule has 67 heavy (non-hydrogen) atoms. The van der Waals surface area contributed by atoms with Gasteiger partial charge in [0.25, 0.3) is 0 Å². The van der Waals surface area contributed by atoms with Crippen LogP contribution in [0.1, 0.15) is 90.5 Å². The molecule has 6 rings (SSSR count). The smallest absolute Gasteiger partial charge is 0.336 e. The van der Waals surface area contributed by atoms with Crippen LogP contribution in [0.25, 0.3) is 11.0 Å². The van der Waals surface area contributed by atoms with Gasteiger partial charge in [0, 0.05) is 56.4 Å². The molecule has 6 unspecified atom stereocenters. The third-order valence-electron chi connectivity index (χ3n) is 13.7. The van der Waals surface area contributed by atoms with Gasteiger partial charge in [-0.1, -0.05) is 45.4 Å². The third-order valence-corrected chi connectivity index (χ3v) is 13.7. The van der Waals surface area contributed by atoms with Gasteiger partial charge in [0.05, 0.1) is 31.3 Å². The van der Waals surface area contributed by atoms with Crippen molar-refractivity contribution in [2.45, 2.75) is 171 Å². The number of carbonyl (C=O) groups is 3. The van der Waals surface area contributed by atoms with Gasteiger partial charge in [0.1, 0.15) is 53.6 Å². The van der Waals surface area contributed by atoms with E-state index in [-0.39, 0.29) is 74.9 Å². The first-order chi connectivity index (χ1) is 31.9. The molecular weight excluding hydrogens is 883 g/mol. The van der Waals surface area contributed by atoms with Gasteiger partial charge in [-0.25, -0.2) is 4.79 Å². The zero-order chi connectivity index (χ0) is 48.6. The Bertz CT molecular complexity index is 2020. The summed E-state index contributed by atoms with van der Waals surface area (Å²) >= 11 is 0. The Balaban J connectivity index is 1.20. The van der Waals surface area contributed by atoms with Crippen molar-refractivity contribution in [3.05, 3.63) is 40.2 Å². The summed E-state index contributed by atoms with van der Waals surface area (Å²) in [6, 6.07) is 5.43. The number of amides is 3. The van der Waals surface area contributed by atoms with Gasteiger partial charge in [0.2, 0.25) is 17.7 Å². The number of fused-ring (bicyclic) bond motifs is 1. The van der Waals surface area contributed by atoms with E-state index in [2.05, 4.69) is 16.0 Å². The Morgan fingerprint density at radius 1 is 0.925 bits per heavy atom. The lowest BCUT2D eigenvalue weighted by molar-refractivity contribution is -0.347. The second kappa shape index (κ2) is 23.6. The van der Waals surface area contributed by atoms with Crippen LogP contribution in [0.3, 0.4) is 0 Å². The maximum atomic E-state index is 13.9. The summed E-state index contributed by atoms with van der Waals surface area (Å²) in [5.41, 5.74) is -1.96. The molecule has 2 saturated carbocycles. The number of phenols is 1. The molecular formula is C46H69N3O18. The highest BCUT2D eigenvalue weighted by Crippen LogP contribution is 2.42. The number of benzene rings is 1. The van der Waals surface area contributed by atoms with E-state index in [9.17, 15) is 60.0 Å². The summed E-state index contributed by atoms with van der Waals surface area (Å²) in [7, 11) is 0. The minimum atomic E-state index is -1.96. The normalized spacial score (nSPS) is 33.3. The Kier molecular flexibility index (Phi) is 18.5. The van der Waals surface area contributed by atoms with E-state index in [1.165, 1.54) is 38.1 Å². The molecule has 2 saturated heterocycles. The molecule has 3 heterocycles. The van der Waals surface area contributed by atoms with E-state index in [4.69, 9.17) is 28.1 Å². The number of carbonyl (C=O) groups excluding carboxylic acids is 3. The van der Waals surface area contributed by atoms with Crippen LogP contribution in [0.4, 0.5) is 0 Å². The van der Waals surface area contributed by atoms with E-state index in [0.29, 0.717) is 17.4 Å². The van der Waals surface area contributed by atoms with Crippen LogP contribution in [0, 0.1) is 17.8 Å². The maximum absolute atomic E-state index is 13.9. The molecule has 21 heteroatoms. The average Bonchev–Trinajstić information content (AvgIpc) is 3.29. The molecule has 0 spiro atoms. The molecule has 11 N–H and O–H groups in total. The molecule has 1 aromatic heterocycles. The fraction of sp³-hybridized carbons (Fsp3) is 0.739. The van der Waals surface area contributed by atoms with Crippen LogP contribution in [-0.4, -0.2) is 164 Å². The molecule has 4 fully saturated rings. The zero-order valence-electron chi connectivity index (χ0n) is 38.2. The number of hydrogen-bond acceptors (Lipinski definition) is 18. The van der Waals surface area contributed by atoms with Gasteiger partial charge >= 0.3 is 5.63 Å².